The fraction of sp³-hybridized carbons (Fsp3) is 0.222. The van der Waals surface area contributed by atoms with Crippen LogP contribution in [0, 0.1) is 0 Å². The first-order valence-electron chi connectivity index (χ1n) is 3.93. The summed E-state index contributed by atoms with van der Waals surface area (Å²) < 4.78 is 1.83. The monoisotopic (exact) mass is 321 g/mol. The Hall–Kier alpha value is -0.390. The van der Waals surface area contributed by atoms with E-state index < -0.39 is 12.0 Å². The summed E-state index contributed by atoms with van der Waals surface area (Å²) in [7, 11) is 0. The molecule has 0 aromatic heterocycles. The van der Waals surface area contributed by atoms with Gasteiger partial charge in [0.25, 0.3) is 0 Å². The maximum atomic E-state index is 10.5. The zero-order chi connectivity index (χ0) is 10.7. The lowest BCUT2D eigenvalue weighted by Gasteiger charge is -2.07. The Kier molecular flexibility index (Phi) is 4.10. The van der Waals surface area contributed by atoms with Gasteiger partial charge in [-0.05, 0) is 56.0 Å². The second-order valence-electron chi connectivity index (χ2n) is 2.90. The van der Waals surface area contributed by atoms with E-state index in [9.17, 15) is 4.79 Å². The summed E-state index contributed by atoms with van der Waals surface area (Å²) in [5.74, 6) is -0.982. The molecule has 0 amide bonds. The number of halogens is 2. The van der Waals surface area contributed by atoms with E-state index in [4.69, 9.17) is 10.8 Å². The highest BCUT2D eigenvalue weighted by Crippen LogP contribution is 2.24. The smallest absolute Gasteiger partial charge is 0.320 e. The Morgan fingerprint density at radius 2 is 2.07 bits per heavy atom. The molecule has 0 heterocycles. The summed E-state index contributed by atoms with van der Waals surface area (Å²) in [6.07, 6.45) is 0.335. The Morgan fingerprint density at radius 3 is 2.57 bits per heavy atom. The molecule has 1 rings (SSSR count). The quantitative estimate of drug-likeness (QED) is 0.896. The predicted octanol–water partition coefficient (Wildman–Crippen LogP) is 2.17. The van der Waals surface area contributed by atoms with Gasteiger partial charge in [0.05, 0.1) is 0 Å². The number of aliphatic carboxylic acids is 1. The number of nitrogens with two attached hydrogens (primary N) is 1. The molecule has 0 unspecified atom stereocenters. The van der Waals surface area contributed by atoms with Crippen LogP contribution in [0.1, 0.15) is 5.56 Å². The van der Waals surface area contributed by atoms with Gasteiger partial charge in [0, 0.05) is 8.95 Å². The summed E-state index contributed by atoms with van der Waals surface area (Å²) in [6, 6.07) is 4.71. The third-order valence-corrected chi connectivity index (χ3v) is 3.64. The summed E-state index contributed by atoms with van der Waals surface area (Å²) in [5, 5.41) is 8.62. The molecule has 0 radical (unpaired) electrons. The third-order valence-electron chi connectivity index (χ3n) is 1.76. The van der Waals surface area contributed by atoms with Gasteiger partial charge in [-0.3, -0.25) is 4.79 Å². The highest BCUT2D eigenvalue weighted by molar-refractivity contribution is 9.13. The topological polar surface area (TPSA) is 63.3 Å². The van der Waals surface area contributed by atoms with Crippen molar-refractivity contribution in [2.45, 2.75) is 12.5 Å². The Morgan fingerprint density at radius 1 is 1.43 bits per heavy atom. The standard InChI is InChI=1S/C9H9Br2NO2/c10-6-2-1-5(3-7(6)11)4-8(12)9(13)14/h1-3,8H,4,12H2,(H,13,14)/t8-/m1/s1. The van der Waals surface area contributed by atoms with Gasteiger partial charge in [-0.2, -0.15) is 0 Å². The fourth-order valence-corrected chi connectivity index (χ4v) is 1.68. The lowest BCUT2D eigenvalue weighted by Crippen LogP contribution is -2.32. The molecule has 0 saturated heterocycles. The molecule has 0 aliphatic rings. The molecule has 5 heteroatoms. The van der Waals surface area contributed by atoms with E-state index in [1.54, 1.807) is 0 Å². The molecule has 14 heavy (non-hydrogen) atoms. The van der Waals surface area contributed by atoms with Crippen LogP contribution in [0.3, 0.4) is 0 Å². The Bertz CT molecular complexity index is 355. The van der Waals surface area contributed by atoms with Crippen LogP contribution in [0.25, 0.3) is 0 Å². The van der Waals surface area contributed by atoms with E-state index in [0.717, 1.165) is 14.5 Å². The van der Waals surface area contributed by atoms with E-state index in [1.807, 2.05) is 18.2 Å². The zero-order valence-electron chi connectivity index (χ0n) is 7.21. The van der Waals surface area contributed by atoms with Crippen LogP contribution in [0.5, 0.6) is 0 Å². The molecule has 0 saturated carbocycles. The average Bonchev–Trinajstić information content (AvgIpc) is 2.11. The number of rotatable bonds is 3. The highest BCUT2D eigenvalue weighted by Gasteiger charge is 2.12. The van der Waals surface area contributed by atoms with Gasteiger partial charge in [-0.1, -0.05) is 6.07 Å². The summed E-state index contributed by atoms with van der Waals surface area (Å²) >= 11 is 6.67. The minimum absolute atomic E-state index is 0.335. The number of benzene rings is 1. The lowest BCUT2D eigenvalue weighted by atomic mass is 10.1. The zero-order valence-corrected chi connectivity index (χ0v) is 10.4. The van der Waals surface area contributed by atoms with Crippen molar-refractivity contribution in [1.82, 2.24) is 0 Å². The van der Waals surface area contributed by atoms with Crippen molar-refractivity contribution in [3.63, 3.8) is 0 Å². The van der Waals surface area contributed by atoms with Crippen molar-refractivity contribution >= 4 is 37.8 Å². The largest absolute Gasteiger partial charge is 0.480 e. The average molecular weight is 323 g/mol. The molecule has 0 aliphatic heterocycles. The molecule has 1 atom stereocenters. The number of hydrogen-bond acceptors (Lipinski definition) is 2. The highest BCUT2D eigenvalue weighted by atomic mass is 79.9. The Balaban J connectivity index is 2.78. The molecule has 0 fully saturated rings. The van der Waals surface area contributed by atoms with Gasteiger partial charge in [0.15, 0.2) is 0 Å². The van der Waals surface area contributed by atoms with Gasteiger partial charge in [0.1, 0.15) is 6.04 Å². The van der Waals surface area contributed by atoms with Gasteiger partial charge >= 0.3 is 5.97 Å². The minimum atomic E-state index is -0.982. The van der Waals surface area contributed by atoms with E-state index >= 15 is 0 Å². The maximum Gasteiger partial charge on any atom is 0.320 e. The first-order valence-corrected chi connectivity index (χ1v) is 5.51. The van der Waals surface area contributed by atoms with Crippen LogP contribution >= 0.6 is 31.9 Å². The Labute approximate surface area is 98.6 Å². The number of carboxylic acids is 1. The number of hydrogen-bond donors (Lipinski definition) is 2. The van der Waals surface area contributed by atoms with E-state index in [-0.39, 0.29) is 0 Å². The minimum Gasteiger partial charge on any atom is -0.480 e. The van der Waals surface area contributed by atoms with E-state index in [1.165, 1.54) is 0 Å². The summed E-state index contributed by atoms with van der Waals surface area (Å²) in [4.78, 5) is 10.5. The molecule has 1 aromatic rings. The van der Waals surface area contributed by atoms with Crippen molar-refractivity contribution in [2.75, 3.05) is 0 Å². The van der Waals surface area contributed by atoms with Crippen LogP contribution in [-0.2, 0) is 11.2 Å². The fourth-order valence-electron chi connectivity index (χ4n) is 1.01. The van der Waals surface area contributed by atoms with Gasteiger partial charge in [-0.25, -0.2) is 0 Å². The summed E-state index contributed by atoms with van der Waals surface area (Å²) in [5.41, 5.74) is 6.31. The van der Waals surface area contributed by atoms with Gasteiger partial charge in [0.2, 0.25) is 0 Å². The molecule has 0 aliphatic carbocycles. The normalized spacial score (nSPS) is 12.5. The summed E-state index contributed by atoms with van der Waals surface area (Å²) in [6.45, 7) is 0. The van der Waals surface area contributed by atoms with Crippen molar-refractivity contribution in [3.8, 4) is 0 Å². The first kappa shape index (κ1) is 11.7. The van der Waals surface area contributed by atoms with Gasteiger partial charge < -0.3 is 10.8 Å². The van der Waals surface area contributed by atoms with Crippen molar-refractivity contribution in [2.24, 2.45) is 5.73 Å². The van der Waals surface area contributed by atoms with E-state index in [0.29, 0.717) is 6.42 Å². The number of carboxylic acid groups (broad SMARTS) is 1. The maximum absolute atomic E-state index is 10.5. The molecule has 0 bridgehead atoms. The van der Waals surface area contributed by atoms with Crippen LogP contribution in [0.2, 0.25) is 0 Å². The van der Waals surface area contributed by atoms with Crippen LogP contribution in [-0.4, -0.2) is 17.1 Å². The molecule has 3 N–H and O–H groups in total. The van der Waals surface area contributed by atoms with Crippen molar-refractivity contribution < 1.29 is 9.90 Å². The van der Waals surface area contributed by atoms with Crippen LogP contribution in [0.4, 0.5) is 0 Å². The van der Waals surface area contributed by atoms with Crippen LogP contribution < -0.4 is 5.73 Å². The molecule has 76 valence electrons. The second kappa shape index (κ2) is 4.91. The third kappa shape index (κ3) is 3.08. The van der Waals surface area contributed by atoms with Crippen LogP contribution in [0.15, 0.2) is 27.1 Å². The van der Waals surface area contributed by atoms with Crippen molar-refractivity contribution in [3.05, 3.63) is 32.7 Å². The molecule has 1 aromatic carbocycles. The molecule has 0 spiro atoms. The van der Waals surface area contributed by atoms with Gasteiger partial charge in [-0.15, -0.1) is 0 Å². The second-order valence-corrected chi connectivity index (χ2v) is 4.61. The molecular weight excluding hydrogens is 314 g/mol. The first-order chi connectivity index (χ1) is 6.50. The predicted molar refractivity (Wildman–Crippen MR) is 61.2 cm³/mol. The molecular formula is C9H9Br2NO2. The molecule has 3 nitrogen and oxygen atoms in total. The lowest BCUT2D eigenvalue weighted by molar-refractivity contribution is -0.138. The number of carbonyl (C=O) groups is 1. The van der Waals surface area contributed by atoms with Crippen molar-refractivity contribution in [1.29, 1.82) is 0 Å². The SMILES string of the molecule is N[C@H](Cc1ccc(Br)c(Br)c1)C(=O)O. The van der Waals surface area contributed by atoms with E-state index in [2.05, 4.69) is 31.9 Å².